The first-order valence-electron chi connectivity index (χ1n) is 5.48. The van der Waals surface area contributed by atoms with Gasteiger partial charge in [0, 0.05) is 17.4 Å². The molecule has 0 unspecified atom stereocenters. The second-order valence-electron chi connectivity index (χ2n) is 4.05. The normalized spacial score (nSPS) is 10.7. The maximum absolute atomic E-state index is 6.16. The standard InChI is InChI=1S/C13H15ClN2O2/c1-6-7(2)16-12-9(17-3)5-8(14)13(18-4)10(12)11(6)15/h5H,1-4H3,(H2,15,16). The molecule has 0 saturated heterocycles. The summed E-state index contributed by atoms with van der Waals surface area (Å²) in [6.45, 7) is 3.83. The zero-order valence-corrected chi connectivity index (χ0v) is 11.6. The van der Waals surface area contributed by atoms with Gasteiger partial charge >= 0.3 is 0 Å². The summed E-state index contributed by atoms with van der Waals surface area (Å²) in [4.78, 5) is 4.51. The number of hydrogen-bond donors (Lipinski definition) is 1. The second kappa shape index (κ2) is 4.53. The SMILES string of the molecule is COc1cc(Cl)c(OC)c2c(N)c(C)c(C)nc12. The molecule has 4 nitrogen and oxygen atoms in total. The van der Waals surface area contributed by atoms with Crippen LogP contribution in [-0.2, 0) is 0 Å². The molecule has 96 valence electrons. The lowest BCUT2D eigenvalue weighted by molar-refractivity contribution is 0.410. The van der Waals surface area contributed by atoms with Crippen LogP contribution in [0.2, 0.25) is 5.02 Å². The molecular weight excluding hydrogens is 252 g/mol. The molecule has 2 rings (SSSR count). The smallest absolute Gasteiger partial charge is 0.149 e. The monoisotopic (exact) mass is 266 g/mol. The van der Waals surface area contributed by atoms with Gasteiger partial charge in [-0.25, -0.2) is 4.98 Å². The number of hydrogen-bond acceptors (Lipinski definition) is 4. The largest absolute Gasteiger partial charge is 0.494 e. The van der Waals surface area contributed by atoms with Crippen LogP contribution in [0.4, 0.5) is 5.69 Å². The molecule has 2 N–H and O–H groups in total. The number of nitrogens with zero attached hydrogens (tertiary/aromatic N) is 1. The van der Waals surface area contributed by atoms with E-state index in [9.17, 15) is 0 Å². The summed E-state index contributed by atoms with van der Waals surface area (Å²) in [7, 11) is 3.13. The highest BCUT2D eigenvalue weighted by atomic mass is 35.5. The summed E-state index contributed by atoms with van der Waals surface area (Å²) < 4.78 is 10.6. The van der Waals surface area contributed by atoms with Crippen molar-refractivity contribution in [1.82, 2.24) is 4.98 Å². The average molecular weight is 267 g/mol. The number of fused-ring (bicyclic) bond motifs is 1. The first-order chi connectivity index (χ1) is 8.51. The van der Waals surface area contributed by atoms with Gasteiger partial charge in [0.05, 0.1) is 24.6 Å². The number of halogens is 1. The summed E-state index contributed by atoms with van der Waals surface area (Å²) in [6.07, 6.45) is 0. The summed E-state index contributed by atoms with van der Waals surface area (Å²) in [5.74, 6) is 1.12. The first-order valence-corrected chi connectivity index (χ1v) is 5.85. The van der Waals surface area contributed by atoms with Gasteiger partial charge in [-0.1, -0.05) is 11.6 Å². The fourth-order valence-corrected chi connectivity index (χ4v) is 2.22. The molecule has 0 fully saturated rings. The van der Waals surface area contributed by atoms with Crippen molar-refractivity contribution in [3.8, 4) is 11.5 Å². The van der Waals surface area contributed by atoms with Gasteiger partial charge in [0.25, 0.3) is 0 Å². The zero-order valence-electron chi connectivity index (χ0n) is 10.8. The van der Waals surface area contributed by atoms with Crippen molar-refractivity contribution in [2.24, 2.45) is 0 Å². The van der Waals surface area contributed by atoms with Crippen molar-refractivity contribution in [3.63, 3.8) is 0 Å². The summed E-state index contributed by atoms with van der Waals surface area (Å²) >= 11 is 6.16. The average Bonchev–Trinajstić information content (AvgIpc) is 2.36. The Balaban J connectivity index is 3.03. The number of methoxy groups -OCH3 is 2. The molecule has 0 aliphatic heterocycles. The summed E-state index contributed by atoms with van der Waals surface area (Å²) in [6, 6.07) is 1.68. The van der Waals surface area contributed by atoms with Crippen LogP contribution < -0.4 is 15.2 Å². The Bertz CT molecular complexity index is 626. The Morgan fingerprint density at radius 2 is 1.89 bits per heavy atom. The summed E-state index contributed by atoms with van der Waals surface area (Å²) in [5, 5.41) is 1.16. The van der Waals surface area contributed by atoms with Crippen LogP contribution in [0.3, 0.4) is 0 Å². The van der Waals surface area contributed by atoms with E-state index in [0.29, 0.717) is 33.1 Å². The van der Waals surface area contributed by atoms with Crippen molar-refractivity contribution in [2.45, 2.75) is 13.8 Å². The molecule has 0 aliphatic carbocycles. The number of pyridine rings is 1. The number of nitrogens with two attached hydrogens (primary N) is 1. The molecule has 0 bridgehead atoms. The first kappa shape index (κ1) is 12.8. The minimum absolute atomic E-state index is 0.457. The van der Waals surface area contributed by atoms with Gasteiger partial charge in [-0.3, -0.25) is 0 Å². The van der Waals surface area contributed by atoms with Crippen molar-refractivity contribution in [3.05, 3.63) is 22.3 Å². The van der Waals surface area contributed by atoms with E-state index in [2.05, 4.69) is 4.98 Å². The van der Waals surface area contributed by atoms with E-state index in [1.807, 2.05) is 13.8 Å². The van der Waals surface area contributed by atoms with Crippen molar-refractivity contribution >= 4 is 28.2 Å². The number of rotatable bonds is 2. The van der Waals surface area contributed by atoms with E-state index in [1.54, 1.807) is 20.3 Å². The van der Waals surface area contributed by atoms with Crippen molar-refractivity contribution in [2.75, 3.05) is 20.0 Å². The van der Waals surface area contributed by atoms with Crippen LogP contribution in [-0.4, -0.2) is 19.2 Å². The number of benzene rings is 1. The van der Waals surface area contributed by atoms with Crippen LogP contribution in [0.25, 0.3) is 10.9 Å². The number of aromatic nitrogens is 1. The maximum atomic E-state index is 6.16. The highest BCUT2D eigenvalue weighted by molar-refractivity contribution is 6.34. The van der Waals surface area contributed by atoms with Crippen molar-refractivity contribution in [1.29, 1.82) is 0 Å². The minimum Gasteiger partial charge on any atom is -0.494 e. The second-order valence-corrected chi connectivity index (χ2v) is 4.46. The van der Waals surface area contributed by atoms with Crippen LogP contribution in [0, 0.1) is 13.8 Å². The number of ether oxygens (including phenoxy) is 2. The molecular formula is C13H15ClN2O2. The van der Waals surface area contributed by atoms with Gasteiger partial charge in [0.1, 0.15) is 17.0 Å². The molecule has 0 spiro atoms. The van der Waals surface area contributed by atoms with E-state index >= 15 is 0 Å². The van der Waals surface area contributed by atoms with Crippen LogP contribution in [0.5, 0.6) is 11.5 Å². The van der Waals surface area contributed by atoms with Gasteiger partial charge < -0.3 is 15.2 Å². The quantitative estimate of drug-likeness (QED) is 0.907. The molecule has 2 aromatic rings. The molecule has 0 aliphatic rings. The molecule has 5 heteroatoms. The Morgan fingerprint density at radius 3 is 2.44 bits per heavy atom. The van der Waals surface area contributed by atoms with Crippen LogP contribution in [0.1, 0.15) is 11.3 Å². The zero-order chi connectivity index (χ0) is 13.4. The molecule has 1 aromatic carbocycles. The highest BCUT2D eigenvalue weighted by Crippen LogP contribution is 2.42. The molecule has 18 heavy (non-hydrogen) atoms. The number of aryl methyl sites for hydroxylation is 1. The lowest BCUT2D eigenvalue weighted by Gasteiger charge is -2.15. The maximum Gasteiger partial charge on any atom is 0.149 e. The van der Waals surface area contributed by atoms with Gasteiger partial charge in [0.2, 0.25) is 0 Å². The predicted octanol–water partition coefficient (Wildman–Crippen LogP) is 3.10. The van der Waals surface area contributed by atoms with E-state index < -0.39 is 0 Å². The van der Waals surface area contributed by atoms with Gasteiger partial charge in [-0.05, 0) is 19.4 Å². The Morgan fingerprint density at radius 1 is 1.22 bits per heavy atom. The minimum atomic E-state index is 0.457. The topological polar surface area (TPSA) is 57.4 Å². The number of nitrogen functional groups attached to an aromatic ring is 1. The Hall–Kier alpha value is -1.68. The fraction of sp³-hybridized carbons (Fsp3) is 0.308. The molecule has 0 radical (unpaired) electrons. The van der Waals surface area contributed by atoms with Crippen LogP contribution >= 0.6 is 11.6 Å². The highest BCUT2D eigenvalue weighted by Gasteiger charge is 2.18. The lowest BCUT2D eigenvalue weighted by Crippen LogP contribution is -2.01. The van der Waals surface area contributed by atoms with E-state index in [1.165, 1.54) is 0 Å². The third kappa shape index (κ3) is 1.73. The molecule has 0 atom stereocenters. The Labute approximate surface area is 111 Å². The van der Waals surface area contributed by atoms with Gasteiger partial charge in [0.15, 0.2) is 0 Å². The lowest BCUT2D eigenvalue weighted by atomic mass is 10.1. The molecule has 1 heterocycles. The van der Waals surface area contributed by atoms with Crippen LogP contribution in [0.15, 0.2) is 6.07 Å². The van der Waals surface area contributed by atoms with Crippen molar-refractivity contribution < 1.29 is 9.47 Å². The molecule has 0 amide bonds. The Kier molecular flexibility index (Phi) is 3.22. The van der Waals surface area contributed by atoms with Gasteiger partial charge in [-0.15, -0.1) is 0 Å². The third-order valence-corrected chi connectivity index (χ3v) is 3.37. The molecule has 1 aromatic heterocycles. The molecule has 0 saturated carbocycles. The summed E-state index contributed by atoms with van der Waals surface area (Å²) in [5.41, 5.74) is 9.23. The number of anilines is 1. The van der Waals surface area contributed by atoms with E-state index in [4.69, 9.17) is 26.8 Å². The predicted molar refractivity (Wildman–Crippen MR) is 73.7 cm³/mol. The van der Waals surface area contributed by atoms with E-state index in [0.717, 1.165) is 11.3 Å². The van der Waals surface area contributed by atoms with Gasteiger partial charge in [-0.2, -0.15) is 0 Å². The van der Waals surface area contributed by atoms with E-state index in [-0.39, 0.29) is 0 Å². The fourth-order valence-electron chi connectivity index (χ4n) is 1.95. The third-order valence-electron chi connectivity index (χ3n) is 3.09.